The number of pyridine rings is 1. The van der Waals surface area contributed by atoms with Crippen molar-refractivity contribution in [1.29, 1.82) is 0 Å². The molecule has 250 valence electrons. The highest BCUT2D eigenvalue weighted by atomic mass is 16.6. The zero-order valence-corrected chi connectivity index (χ0v) is 29.0. The van der Waals surface area contributed by atoms with E-state index in [0.717, 1.165) is 42.4 Å². The monoisotopic (exact) mass is 640 g/mol. The van der Waals surface area contributed by atoms with Gasteiger partial charge >= 0.3 is 12.2 Å². The van der Waals surface area contributed by atoms with Crippen LogP contribution in [0.25, 0.3) is 16.8 Å². The fourth-order valence-corrected chi connectivity index (χ4v) is 5.61. The predicted octanol–water partition coefficient (Wildman–Crippen LogP) is 9.24. The molecule has 0 radical (unpaired) electrons. The zero-order valence-electron chi connectivity index (χ0n) is 29.0. The predicted molar refractivity (Wildman–Crippen MR) is 188 cm³/mol. The summed E-state index contributed by atoms with van der Waals surface area (Å²) in [6.07, 6.45) is 3.33. The summed E-state index contributed by atoms with van der Waals surface area (Å²) in [7, 11) is 0. The van der Waals surface area contributed by atoms with E-state index in [1.165, 1.54) is 5.56 Å². The minimum Gasteiger partial charge on any atom is -0.444 e. The van der Waals surface area contributed by atoms with E-state index in [1.807, 2.05) is 27.7 Å². The Labute approximate surface area is 278 Å². The first-order valence-corrected chi connectivity index (χ1v) is 16.4. The number of carbonyl (C=O) groups is 3. The van der Waals surface area contributed by atoms with Gasteiger partial charge in [0.15, 0.2) is 0 Å². The molecule has 0 unspecified atom stereocenters. The van der Waals surface area contributed by atoms with Crippen LogP contribution in [-0.4, -0.2) is 45.7 Å². The number of ether oxygens (including phenoxy) is 2. The third kappa shape index (κ3) is 9.44. The second-order valence-corrected chi connectivity index (χ2v) is 13.7. The number of nitrogens with one attached hydrogen (secondary N) is 2. The third-order valence-electron chi connectivity index (χ3n) is 7.89. The summed E-state index contributed by atoms with van der Waals surface area (Å²) < 4.78 is 11.3. The first kappa shape index (κ1) is 35.2. The van der Waals surface area contributed by atoms with Gasteiger partial charge in [-0.3, -0.25) is 10.1 Å². The molecule has 0 aliphatic heterocycles. The molecule has 0 saturated heterocycles. The minimum atomic E-state index is -0.680. The number of allylic oxidation sites excluding steroid dienone is 1. The molecular weight excluding hydrogens is 592 g/mol. The minimum absolute atomic E-state index is 0.159. The Hall–Kier alpha value is -4.66. The number of benzene rings is 2. The molecular formula is C38H48N4O5. The van der Waals surface area contributed by atoms with E-state index in [4.69, 9.17) is 9.47 Å². The second-order valence-electron chi connectivity index (χ2n) is 13.7. The fourth-order valence-electron chi connectivity index (χ4n) is 5.61. The van der Waals surface area contributed by atoms with Crippen molar-refractivity contribution in [1.82, 2.24) is 9.88 Å². The number of rotatable bonds is 8. The van der Waals surface area contributed by atoms with Crippen molar-refractivity contribution in [3.63, 3.8) is 0 Å². The molecule has 3 amide bonds. The van der Waals surface area contributed by atoms with Gasteiger partial charge in [-0.05, 0) is 128 Å². The maximum Gasteiger partial charge on any atom is 0.415 e. The van der Waals surface area contributed by atoms with Crippen LogP contribution in [0, 0.1) is 0 Å². The average molecular weight is 641 g/mol. The number of amides is 3. The molecule has 0 fully saturated rings. The molecule has 47 heavy (non-hydrogen) atoms. The van der Waals surface area contributed by atoms with Crippen LogP contribution in [0.2, 0.25) is 0 Å². The fraction of sp³-hybridized carbons (Fsp3) is 0.421. The van der Waals surface area contributed by atoms with Gasteiger partial charge < -0.3 is 19.7 Å². The molecule has 1 aromatic heterocycles. The first-order chi connectivity index (χ1) is 22.2. The Balaban J connectivity index is 1.70. The van der Waals surface area contributed by atoms with E-state index in [-0.39, 0.29) is 17.5 Å². The molecule has 0 atom stereocenters. The van der Waals surface area contributed by atoms with Crippen molar-refractivity contribution in [2.75, 3.05) is 17.2 Å². The molecule has 2 N–H and O–H groups in total. The van der Waals surface area contributed by atoms with Crippen molar-refractivity contribution in [2.45, 2.75) is 98.6 Å². The van der Waals surface area contributed by atoms with Gasteiger partial charge in [0.1, 0.15) is 17.2 Å². The molecule has 2 aromatic carbocycles. The van der Waals surface area contributed by atoms with Gasteiger partial charge in [-0.1, -0.05) is 37.3 Å². The van der Waals surface area contributed by atoms with Crippen LogP contribution < -0.4 is 15.4 Å². The van der Waals surface area contributed by atoms with Crippen molar-refractivity contribution in [2.24, 2.45) is 0 Å². The summed E-state index contributed by atoms with van der Waals surface area (Å²) in [6.45, 7) is 15.6. The Morgan fingerprint density at radius 3 is 2.21 bits per heavy atom. The van der Waals surface area contributed by atoms with Crippen molar-refractivity contribution < 1.29 is 23.9 Å². The lowest BCUT2D eigenvalue weighted by Gasteiger charge is -2.33. The van der Waals surface area contributed by atoms with Gasteiger partial charge in [0, 0.05) is 28.9 Å². The Kier molecular flexibility index (Phi) is 11.1. The number of carbonyl (C=O) groups excluding carboxylic acids is 3. The lowest BCUT2D eigenvalue weighted by atomic mass is 9.86. The summed E-state index contributed by atoms with van der Waals surface area (Å²) in [4.78, 5) is 45.8. The van der Waals surface area contributed by atoms with E-state index in [0.29, 0.717) is 29.9 Å². The number of aryl methyl sites for hydroxylation is 1. The van der Waals surface area contributed by atoms with E-state index in [9.17, 15) is 14.4 Å². The maximum absolute atomic E-state index is 13.8. The standard InChI is InChI=1S/C38H48N4O5/c1-9-25-18-20-26(21-19-25)28-14-11-12-15-29(28)34(43)39-27-22-23-32(46-36(45)42(10-2)37(3,4)5)30(24-27)31-16-13-17-33(40-31)41-35(44)47-38(6,7)8/h13,16-24H,9-12,14-15H2,1-8H3,(H,39,43)(H,40,41,44). The summed E-state index contributed by atoms with van der Waals surface area (Å²) >= 11 is 0. The number of hydrogen-bond acceptors (Lipinski definition) is 6. The van der Waals surface area contributed by atoms with Gasteiger partial charge in [0.2, 0.25) is 0 Å². The molecule has 1 aliphatic carbocycles. The van der Waals surface area contributed by atoms with Crippen molar-refractivity contribution >= 4 is 35.2 Å². The van der Waals surface area contributed by atoms with Crippen molar-refractivity contribution in [3.8, 4) is 17.0 Å². The summed E-state index contributed by atoms with van der Waals surface area (Å²) in [5.74, 6) is 0.374. The molecule has 1 heterocycles. The molecule has 0 bridgehead atoms. The van der Waals surface area contributed by atoms with Gasteiger partial charge in [0.25, 0.3) is 5.91 Å². The zero-order chi connectivity index (χ0) is 34.4. The van der Waals surface area contributed by atoms with Crippen LogP contribution in [0.15, 0.2) is 66.2 Å². The lowest BCUT2D eigenvalue weighted by Crippen LogP contribution is -2.46. The quantitative estimate of drug-likeness (QED) is 0.254. The van der Waals surface area contributed by atoms with E-state index < -0.39 is 23.3 Å². The Morgan fingerprint density at radius 2 is 1.57 bits per heavy atom. The van der Waals surface area contributed by atoms with Gasteiger partial charge in [-0.2, -0.15) is 0 Å². The molecule has 3 aromatic rings. The summed E-state index contributed by atoms with van der Waals surface area (Å²) in [5, 5.41) is 5.76. The summed E-state index contributed by atoms with van der Waals surface area (Å²) in [5.41, 5.74) is 4.49. The van der Waals surface area contributed by atoms with Crippen LogP contribution in [-0.2, 0) is 16.0 Å². The van der Waals surface area contributed by atoms with Crippen molar-refractivity contribution in [3.05, 3.63) is 77.4 Å². The molecule has 4 rings (SSSR count). The Bertz CT molecular complexity index is 1630. The van der Waals surface area contributed by atoms with Gasteiger partial charge in [-0.25, -0.2) is 14.6 Å². The Morgan fingerprint density at radius 1 is 0.872 bits per heavy atom. The molecule has 1 aliphatic rings. The summed E-state index contributed by atoms with van der Waals surface area (Å²) in [6, 6.07) is 18.7. The van der Waals surface area contributed by atoms with E-state index >= 15 is 0 Å². The SMILES string of the molecule is CCc1ccc(C2=C(C(=O)Nc3ccc(OC(=O)N(CC)C(C)(C)C)c(-c4cccc(NC(=O)OC(C)(C)C)n4)c3)CCCC2)cc1. The van der Waals surface area contributed by atoms with Crippen LogP contribution in [0.3, 0.4) is 0 Å². The smallest absolute Gasteiger partial charge is 0.415 e. The molecule has 9 heteroatoms. The number of nitrogens with zero attached hydrogens (tertiary/aromatic N) is 2. The highest BCUT2D eigenvalue weighted by Crippen LogP contribution is 2.36. The van der Waals surface area contributed by atoms with E-state index in [1.54, 1.807) is 62.1 Å². The normalized spacial score (nSPS) is 13.5. The molecule has 9 nitrogen and oxygen atoms in total. The number of hydrogen-bond donors (Lipinski definition) is 2. The number of anilines is 2. The second kappa shape index (κ2) is 14.8. The van der Waals surface area contributed by atoms with Crippen LogP contribution in [0.4, 0.5) is 21.1 Å². The van der Waals surface area contributed by atoms with Gasteiger partial charge in [0.05, 0.1) is 5.69 Å². The average Bonchev–Trinajstić information content (AvgIpc) is 3.00. The van der Waals surface area contributed by atoms with Crippen LogP contribution in [0.1, 0.15) is 92.2 Å². The highest BCUT2D eigenvalue weighted by molar-refractivity contribution is 6.09. The lowest BCUT2D eigenvalue weighted by molar-refractivity contribution is -0.113. The largest absolute Gasteiger partial charge is 0.444 e. The molecule has 0 saturated carbocycles. The van der Waals surface area contributed by atoms with Crippen LogP contribution >= 0.6 is 0 Å². The van der Waals surface area contributed by atoms with Gasteiger partial charge in [-0.15, -0.1) is 0 Å². The molecule has 0 spiro atoms. The maximum atomic E-state index is 13.8. The first-order valence-electron chi connectivity index (χ1n) is 16.4. The highest BCUT2D eigenvalue weighted by Gasteiger charge is 2.28. The van der Waals surface area contributed by atoms with Crippen LogP contribution in [0.5, 0.6) is 5.75 Å². The van der Waals surface area contributed by atoms with E-state index in [2.05, 4.69) is 46.8 Å². The third-order valence-corrected chi connectivity index (χ3v) is 7.89. The topological polar surface area (TPSA) is 110 Å². The number of aromatic nitrogens is 1.